The van der Waals surface area contributed by atoms with Crippen LogP contribution in [0.15, 0.2) is 12.7 Å². The van der Waals surface area contributed by atoms with Gasteiger partial charge in [-0.15, -0.1) is 6.58 Å². The molecule has 48 valence electrons. The maximum Gasteiger partial charge on any atom is 0.108 e. The number of hydrogen-bond donors (Lipinski definition) is 0. The molecule has 0 saturated heterocycles. The third-order valence-corrected chi connectivity index (χ3v) is 0.670. The SMILES string of the molecule is C=CC(C)OOCC. The van der Waals surface area contributed by atoms with E-state index in [1.54, 1.807) is 6.08 Å². The van der Waals surface area contributed by atoms with Crippen molar-refractivity contribution in [3.8, 4) is 0 Å². The topological polar surface area (TPSA) is 18.5 Å². The molecule has 8 heavy (non-hydrogen) atoms. The Morgan fingerprint density at radius 3 is 2.75 bits per heavy atom. The predicted molar refractivity (Wildman–Crippen MR) is 32.4 cm³/mol. The third-order valence-electron chi connectivity index (χ3n) is 0.670. The van der Waals surface area contributed by atoms with Crippen LogP contribution in [0.2, 0.25) is 0 Å². The monoisotopic (exact) mass is 116 g/mol. The molecular weight excluding hydrogens is 104 g/mol. The summed E-state index contributed by atoms with van der Waals surface area (Å²) in [5.74, 6) is 0. The highest BCUT2D eigenvalue weighted by atomic mass is 17.2. The van der Waals surface area contributed by atoms with Crippen molar-refractivity contribution in [3.05, 3.63) is 12.7 Å². The average molecular weight is 116 g/mol. The van der Waals surface area contributed by atoms with E-state index < -0.39 is 0 Å². The van der Waals surface area contributed by atoms with Gasteiger partial charge in [-0.2, -0.15) is 0 Å². The van der Waals surface area contributed by atoms with Gasteiger partial charge < -0.3 is 0 Å². The minimum absolute atomic E-state index is 0.00468. The average Bonchev–Trinajstić information content (AvgIpc) is 1.83. The Hall–Kier alpha value is -0.340. The van der Waals surface area contributed by atoms with Crippen LogP contribution < -0.4 is 0 Å². The van der Waals surface area contributed by atoms with Crippen LogP contribution in [0.3, 0.4) is 0 Å². The summed E-state index contributed by atoms with van der Waals surface area (Å²) in [5.41, 5.74) is 0. The molecule has 0 spiro atoms. The van der Waals surface area contributed by atoms with Gasteiger partial charge in [0.2, 0.25) is 0 Å². The van der Waals surface area contributed by atoms with Crippen LogP contribution >= 0.6 is 0 Å². The van der Waals surface area contributed by atoms with E-state index in [1.807, 2.05) is 13.8 Å². The fourth-order valence-electron chi connectivity index (χ4n) is 0.215. The second-order valence-electron chi connectivity index (χ2n) is 1.44. The van der Waals surface area contributed by atoms with Crippen molar-refractivity contribution in [2.24, 2.45) is 0 Å². The first-order valence-electron chi connectivity index (χ1n) is 2.72. The van der Waals surface area contributed by atoms with E-state index in [4.69, 9.17) is 4.89 Å². The van der Waals surface area contributed by atoms with Crippen molar-refractivity contribution in [1.29, 1.82) is 0 Å². The molecule has 0 fully saturated rings. The van der Waals surface area contributed by atoms with Crippen LogP contribution in [0.4, 0.5) is 0 Å². The van der Waals surface area contributed by atoms with Crippen LogP contribution in [-0.4, -0.2) is 12.7 Å². The summed E-state index contributed by atoms with van der Waals surface area (Å²) >= 11 is 0. The lowest BCUT2D eigenvalue weighted by Gasteiger charge is -2.03. The van der Waals surface area contributed by atoms with E-state index in [9.17, 15) is 0 Å². The third kappa shape index (κ3) is 3.84. The number of hydrogen-bond acceptors (Lipinski definition) is 2. The molecule has 0 heterocycles. The zero-order valence-corrected chi connectivity index (χ0v) is 5.39. The van der Waals surface area contributed by atoms with E-state index in [1.165, 1.54) is 0 Å². The van der Waals surface area contributed by atoms with Crippen molar-refractivity contribution < 1.29 is 9.78 Å². The van der Waals surface area contributed by atoms with Gasteiger partial charge in [0.1, 0.15) is 6.10 Å². The van der Waals surface area contributed by atoms with Crippen molar-refractivity contribution >= 4 is 0 Å². The minimum atomic E-state index is -0.00468. The summed E-state index contributed by atoms with van der Waals surface area (Å²) in [6.45, 7) is 7.82. The Morgan fingerprint density at radius 1 is 1.75 bits per heavy atom. The maximum absolute atomic E-state index is 4.72. The Balaban J connectivity index is 2.98. The highest BCUT2D eigenvalue weighted by molar-refractivity contribution is 4.73. The quantitative estimate of drug-likeness (QED) is 0.315. The lowest BCUT2D eigenvalue weighted by Crippen LogP contribution is -2.03. The number of rotatable bonds is 4. The van der Waals surface area contributed by atoms with Gasteiger partial charge in [0.25, 0.3) is 0 Å². The standard InChI is InChI=1S/C6H12O2/c1-4-6(3)8-7-5-2/h4,6H,1,5H2,2-3H3. The summed E-state index contributed by atoms with van der Waals surface area (Å²) in [5, 5.41) is 0. The van der Waals surface area contributed by atoms with Gasteiger partial charge in [-0.1, -0.05) is 6.08 Å². The van der Waals surface area contributed by atoms with Gasteiger partial charge in [-0.25, -0.2) is 9.78 Å². The first-order valence-corrected chi connectivity index (χ1v) is 2.72. The maximum atomic E-state index is 4.72. The summed E-state index contributed by atoms with van der Waals surface area (Å²) in [6, 6.07) is 0. The molecule has 2 heteroatoms. The molecule has 0 amide bonds. The summed E-state index contributed by atoms with van der Waals surface area (Å²) < 4.78 is 0. The van der Waals surface area contributed by atoms with Gasteiger partial charge in [-0.3, -0.25) is 0 Å². The van der Waals surface area contributed by atoms with E-state index in [0.29, 0.717) is 6.61 Å². The normalized spacial score (nSPS) is 13.2. The first-order chi connectivity index (χ1) is 3.81. The van der Waals surface area contributed by atoms with Crippen molar-refractivity contribution in [3.63, 3.8) is 0 Å². The van der Waals surface area contributed by atoms with Gasteiger partial charge in [-0.05, 0) is 13.8 Å². The van der Waals surface area contributed by atoms with E-state index in [-0.39, 0.29) is 6.10 Å². The largest absolute Gasteiger partial charge is 0.236 e. The second-order valence-corrected chi connectivity index (χ2v) is 1.44. The molecule has 0 aliphatic heterocycles. The lowest BCUT2D eigenvalue weighted by atomic mass is 10.4. The Kier molecular flexibility index (Phi) is 4.61. The summed E-state index contributed by atoms with van der Waals surface area (Å²) in [6.07, 6.45) is 1.67. The zero-order valence-electron chi connectivity index (χ0n) is 5.39. The van der Waals surface area contributed by atoms with Gasteiger partial charge in [0.15, 0.2) is 0 Å². The molecule has 0 aromatic carbocycles. The Morgan fingerprint density at radius 2 is 2.38 bits per heavy atom. The van der Waals surface area contributed by atoms with Crippen LogP contribution in [0.5, 0.6) is 0 Å². The molecule has 0 N–H and O–H groups in total. The van der Waals surface area contributed by atoms with Crippen molar-refractivity contribution in [1.82, 2.24) is 0 Å². The predicted octanol–water partition coefficient (Wildman–Crippen LogP) is 1.53. The molecule has 2 nitrogen and oxygen atoms in total. The van der Waals surface area contributed by atoms with Gasteiger partial charge in [0, 0.05) is 0 Å². The smallest absolute Gasteiger partial charge is 0.108 e. The zero-order chi connectivity index (χ0) is 6.41. The van der Waals surface area contributed by atoms with Gasteiger partial charge >= 0.3 is 0 Å². The molecule has 0 rings (SSSR count). The molecule has 0 aromatic heterocycles. The molecule has 0 aromatic rings. The summed E-state index contributed by atoms with van der Waals surface area (Å²) in [7, 11) is 0. The van der Waals surface area contributed by atoms with Crippen LogP contribution in [0.25, 0.3) is 0 Å². The first kappa shape index (κ1) is 7.66. The second kappa shape index (κ2) is 4.81. The molecule has 0 bridgehead atoms. The highest BCUT2D eigenvalue weighted by Gasteiger charge is 1.91. The summed E-state index contributed by atoms with van der Waals surface area (Å²) in [4.78, 5) is 9.34. The van der Waals surface area contributed by atoms with E-state index >= 15 is 0 Å². The Bertz CT molecular complexity index is 61.5. The molecule has 0 saturated carbocycles. The fourth-order valence-corrected chi connectivity index (χ4v) is 0.215. The molecule has 1 unspecified atom stereocenters. The van der Waals surface area contributed by atoms with Crippen LogP contribution in [0, 0.1) is 0 Å². The fraction of sp³-hybridized carbons (Fsp3) is 0.667. The molecule has 0 aliphatic rings. The van der Waals surface area contributed by atoms with Crippen molar-refractivity contribution in [2.45, 2.75) is 20.0 Å². The van der Waals surface area contributed by atoms with Crippen LogP contribution in [0.1, 0.15) is 13.8 Å². The van der Waals surface area contributed by atoms with E-state index in [0.717, 1.165) is 0 Å². The minimum Gasteiger partial charge on any atom is -0.236 e. The Labute approximate surface area is 50.0 Å². The highest BCUT2D eigenvalue weighted by Crippen LogP contribution is 1.90. The molecule has 0 radical (unpaired) electrons. The van der Waals surface area contributed by atoms with Crippen LogP contribution in [-0.2, 0) is 9.78 Å². The lowest BCUT2D eigenvalue weighted by molar-refractivity contribution is -0.307. The van der Waals surface area contributed by atoms with Crippen molar-refractivity contribution in [2.75, 3.05) is 6.61 Å². The van der Waals surface area contributed by atoms with E-state index in [2.05, 4.69) is 11.5 Å². The molecule has 0 aliphatic carbocycles. The molecular formula is C6H12O2. The van der Waals surface area contributed by atoms with Gasteiger partial charge in [0.05, 0.1) is 6.61 Å². The molecule has 1 atom stereocenters.